The predicted octanol–water partition coefficient (Wildman–Crippen LogP) is 3.22. The molecule has 0 fully saturated rings. The third-order valence-electron chi connectivity index (χ3n) is 3.63. The summed E-state index contributed by atoms with van der Waals surface area (Å²) >= 11 is 0. The number of esters is 1. The first-order valence-corrected chi connectivity index (χ1v) is 8.26. The second-order valence-corrected chi connectivity index (χ2v) is 5.94. The van der Waals surface area contributed by atoms with Crippen molar-refractivity contribution in [2.75, 3.05) is 6.61 Å². The molecule has 0 spiro atoms. The topological polar surface area (TPSA) is 76.7 Å². The molecule has 0 aromatic heterocycles. The molecule has 2 amide bonds. The minimum Gasteiger partial charge on any atom is -0.491 e. The van der Waals surface area contributed by atoms with E-state index in [0.29, 0.717) is 22.6 Å². The maximum absolute atomic E-state index is 12.6. The lowest BCUT2D eigenvalue weighted by Gasteiger charge is -2.29. The fraction of sp³-hybridized carbons (Fsp3) is 0.368. The Labute approximate surface area is 147 Å². The number of rotatable bonds is 6. The van der Waals surface area contributed by atoms with Crippen molar-refractivity contribution in [2.45, 2.75) is 39.8 Å². The van der Waals surface area contributed by atoms with Gasteiger partial charge in [0, 0.05) is 11.3 Å². The normalized spacial score (nSPS) is 17.5. The fourth-order valence-electron chi connectivity index (χ4n) is 2.58. The SMILES string of the molecule is C/C=C/COC(=O)C1=C(C)NC(=O)NC1c1ccccc1OC(C)C. The molecule has 0 radical (unpaired) electrons. The van der Waals surface area contributed by atoms with Crippen LogP contribution in [-0.4, -0.2) is 24.7 Å². The minimum absolute atomic E-state index is 0.0336. The van der Waals surface area contributed by atoms with Crippen molar-refractivity contribution in [3.8, 4) is 5.75 Å². The van der Waals surface area contributed by atoms with Gasteiger partial charge in [-0.15, -0.1) is 0 Å². The van der Waals surface area contributed by atoms with E-state index in [1.807, 2.05) is 45.0 Å². The monoisotopic (exact) mass is 344 g/mol. The van der Waals surface area contributed by atoms with Crippen LogP contribution in [0.5, 0.6) is 5.75 Å². The molecule has 1 aliphatic heterocycles. The Morgan fingerprint density at radius 1 is 1.32 bits per heavy atom. The average Bonchev–Trinajstić information content (AvgIpc) is 2.54. The number of carbonyl (C=O) groups excluding carboxylic acids is 2. The van der Waals surface area contributed by atoms with Crippen LogP contribution in [0.1, 0.15) is 39.3 Å². The summed E-state index contributed by atoms with van der Waals surface area (Å²) in [5, 5.41) is 5.42. The van der Waals surface area contributed by atoms with Gasteiger partial charge in [-0.2, -0.15) is 0 Å². The van der Waals surface area contributed by atoms with Crippen molar-refractivity contribution in [3.05, 3.63) is 53.3 Å². The Morgan fingerprint density at radius 2 is 2.04 bits per heavy atom. The summed E-state index contributed by atoms with van der Waals surface area (Å²) in [6.45, 7) is 7.56. The highest BCUT2D eigenvalue weighted by Crippen LogP contribution is 2.33. The van der Waals surface area contributed by atoms with Gasteiger partial charge in [0.2, 0.25) is 0 Å². The van der Waals surface area contributed by atoms with E-state index < -0.39 is 12.0 Å². The number of hydrogen-bond donors (Lipinski definition) is 2. The van der Waals surface area contributed by atoms with Gasteiger partial charge in [-0.05, 0) is 33.8 Å². The lowest BCUT2D eigenvalue weighted by molar-refractivity contribution is -0.138. The zero-order chi connectivity index (χ0) is 18.4. The van der Waals surface area contributed by atoms with Gasteiger partial charge >= 0.3 is 12.0 Å². The van der Waals surface area contributed by atoms with Crippen molar-refractivity contribution in [3.63, 3.8) is 0 Å². The second kappa shape index (κ2) is 8.37. The molecular formula is C19H24N2O4. The summed E-state index contributed by atoms with van der Waals surface area (Å²) < 4.78 is 11.1. The molecular weight excluding hydrogens is 320 g/mol. The second-order valence-electron chi connectivity index (χ2n) is 5.94. The largest absolute Gasteiger partial charge is 0.491 e. The number of allylic oxidation sites excluding steroid dienone is 2. The van der Waals surface area contributed by atoms with Crippen LogP contribution in [0, 0.1) is 0 Å². The summed E-state index contributed by atoms with van der Waals surface area (Å²) in [6.07, 6.45) is 3.51. The van der Waals surface area contributed by atoms with Crippen LogP contribution in [0.3, 0.4) is 0 Å². The van der Waals surface area contributed by atoms with E-state index in [1.165, 1.54) is 0 Å². The number of amides is 2. The van der Waals surface area contributed by atoms with Gasteiger partial charge in [-0.1, -0.05) is 30.4 Å². The molecule has 6 heteroatoms. The van der Waals surface area contributed by atoms with Crippen LogP contribution < -0.4 is 15.4 Å². The Bertz CT molecular complexity index is 707. The Kier molecular flexibility index (Phi) is 6.22. The summed E-state index contributed by atoms with van der Waals surface area (Å²) in [7, 11) is 0. The first kappa shape index (κ1) is 18.6. The van der Waals surface area contributed by atoms with E-state index in [0.717, 1.165) is 0 Å². The smallest absolute Gasteiger partial charge is 0.338 e. The van der Waals surface area contributed by atoms with E-state index in [1.54, 1.807) is 19.1 Å². The molecule has 1 unspecified atom stereocenters. The lowest BCUT2D eigenvalue weighted by atomic mass is 9.95. The van der Waals surface area contributed by atoms with Crippen molar-refractivity contribution >= 4 is 12.0 Å². The van der Waals surface area contributed by atoms with Crippen molar-refractivity contribution in [1.29, 1.82) is 0 Å². The molecule has 1 aliphatic rings. The van der Waals surface area contributed by atoms with Crippen molar-refractivity contribution in [2.24, 2.45) is 0 Å². The predicted molar refractivity (Wildman–Crippen MR) is 95.1 cm³/mol. The highest BCUT2D eigenvalue weighted by molar-refractivity contribution is 5.95. The Hall–Kier alpha value is -2.76. The third kappa shape index (κ3) is 4.62. The number of nitrogens with one attached hydrogen (secondary N) is 2. The summed E-state index contributed by atoms with van der Waals surface area (Å²) in [5.74, 6) is 0.142. The first-order valence-electron chi connectivity index (χ1n) is 8.26. The zero-order valence-electron chi connectivity index (χ0n) is 15.0. The quantitative estimate of drug-likeness (QED) is 0.614. The molecule has 1 aromatic carbocycles. The number of para-hydroxylation sites is 1. The molecule has 1 atom stereocenters. The molecule has 2 N–H and O–H groups in total. The molecule has 2 rings (SSSR count). The van der Waals surface area contributed by atoms with Gasteiger partial charge in [0.1, 0.15) is 12.4 Å². The van der Waals surface area contributed by atoms with Gasteiger partial charge in [0.05, 0.1) is 17.7 Å². The van der Waals surface area contributed by atoms with Gasteiger partial charge in [-0.25, -0.2) is 9.59 Å². The third-order valence-corrected chi connectivity index (χ3v) is 3.63. The van der Waals surface area contributed by atoms with E-state index >= 15 is 0 Å². The number of carbonyl (C=O) groups is 2. The van der Waals surface area contributed by atoms with Gasteiger partial charge < -0.3 is 20.1 Å². The molecule has 6 nitrogen and oxygen atoms in total. The van der Waals surface area contributed by atoms with Crippen molar-refractivity contribution in [1.82, 2.24) is 10.6 Å². The van der Waals surface area contributed by atoms with E-state index in [4.69, 9.17) is 9.47 Å². The molecule has 0 aliphatic carbocycles. The van der Waals surface area contributed by atoms with Crippen LogP contribution in [-0.2, 0) is 9.53 Å². The van der Waals surface area contributed by atoms with Gasteiger partial charge in [0.15, 0.2) is 0 Å². The van der Waals surface area contributed by atoms with E-state index in [2.05, 4.69) is 10.6 Å². The molecule has 1 heterocycles. The maximum atomic E-state index is 12.6. The summed E-state index contributed by atoms with van der Waals surface area (Å²) in [6, 6.07) is 6.34. The van der Waals surface area contributed by atoms with E-state index in [-0.39, 0.29) is 18.7 Å². The van der Waals surface area contributed by atoms with Crippen LogP contribution >= 0.6 is 0 Å². The highest BCUT2D eigenvalue weighted by Gasteiger charge is 2.33. The summed E-state index contributed by atoms with van der Waals surface area (Å²) in [5.41, 5.74) is 1.55. The Balaban J connectivity index is 2.41. The van der Waals surface area contributed by atoms with Crippen LogP contribution in [0.2, 0.25) is 0 Å². The van der Waals surface area contributed by atoms with Gasteiger partial charge in [-0.3, -0.25) is 0 Å². The lowest BCUT2D eigenvalue weighted by Crippen LogP contribution is -2.45. The number of hydrogen-bond acceptors (Lipinski definition) is 4. The minimum atomic E-state index is -0.637. The Morgan fingerprint density at radius 3 is 2.72 bits per heavy atom. The molecule has 0 saturated heterocycles. The zero-order valence-corrected chi connectivity index (χ0v) is 15.0. The first-order chi connectivity index (χ1) is 11.9. The molecule has 0 bridgehead atoms. The van der Waals surface area contributed by atoms with Gasteiger partial charge in [0.25, 0.3) is 0 Å². The van der Waals surface area contributed by atoms with E-state index in [9.17, 15) is 9.59 Å². The molecule has 0 saturated carbocycles. The summed E-state index contributed by atoms with van der Waals surface area (Å²) in [4.78, 5) is 24.5. The standard InChI is InChI=1S/C19H24N2O4/c1-5-6-11-24-18(22)16-13(4)20-19(23)21-17(16)14-9-7-8-10-15(14)25-12(2)3/h5-10,12,17H,11H2,1-4H3,(H2,20,21,23)/b6-5+. The number of benzene rings is 1. The molecule has 134 valence electrons. The maximum Gasteiger partial charge on any atom is 0.338 e. The van der Waals surface area contributed by atoms with Crippen LogP contribution in [0.4, 0.5) is 4.79 Å². The van der Waals surface area contributed by atoms with Crippen LogP contribution in [0.25, 0.3) is 0 Å². The van der Waals surface area contributed by atoms with Crippen molar-refractivity contribution < 1.29 is 19.1 Å². The average molecular weight is 344 g/mol. The number of ether oxygens (including phenoxy) is 2. The molecule has 1 aromatic rings. The number of urea groups is 1. The molecule has 25 heavy (non-hydrogen) atoms. The van der Waals surface area contributed by atoms with Crippen LogP contribution in [0.15, 0.2) is 47.7 Å². The fourth-order valence-corrected chi connectivity index (χ4v) is 2.58. The highest BCUT2D eigenvalue weighted by atomic mass is 16.5.